The van der Waals surface area contributed by atoms with Crippen molar-refractivity contribution in [2.45, 2.75) is 39.7 Å². The highest BCUT2D eigenvalue weighted by atomic mass is 32.1. The molecule has 1 unspecified atom stereocenters. The Hall–Kier alpha value is -1.96. The van der Waals surface area contributed by atoms with Gasteiger partial charge in [-0.05, 0) is 12.3 Å². The molecule has 1 atom stereocenters. The first-order valence-electron chi connectivity index (χ1n) is 6.41. The van der Waals surface area contributed by atoms with E-state index >= 15 is 0 Å². The zero-order chi connectivity index (χ0) is 16.0. The summed E-state index contributed by atoms with van der Waals surface area (Å²) in [6.07, 6.45) is 1.45. The number of nitrogens with one attached hydrogen (secondary N) is 2. The van der Waals surface area contributed by atoms with Gasteiger partial charge in [0.25, 0.3) is 0 Å². The third-order valence-corrected chi connectivity index (χ3v) is 3.65. The molecule has 8 heteroatoms. The van der Waals surface area contributed by atoms with E-state index in [0.29, 0.717) is 0 Å². The third kappa shape index (κ3) is 6.35. The lowest BCUT2D eigenvalue weighted by Crippen LogP contribution is -2.42. The van der Waals surface area contributed by atoms with E-state index in [9.17, 15) is 14.4 Å². The predicted octanol–water partition coefficient (Wildman–Crippen LogP) is 1.92. The standard InChI is InChI=1S/C13H19N3O4S/c1-8(11-14-4-5-21-11)15-12(20)16-9(17)6-13(2,3)7-10(18)19/h4-5,8H,6-7H2,1-3H3,(H,18,19)(H2,15,16,17,20). The summed E-state index contributed by atoms with van der Waals surface area (Å²) in [7, 11) is 0. The molecule has 1 aromatic heterocycles. The molecule has 0 saturated carbocycles. The molecule has 116 valence electrons. The number of urea groups is 1. The van der Waals surface area contributed by atoms with Gasteiger partial charge in [-0.15, -0.1) is 11.3 Å². The fraction of sp³-hybridized carbons (Fsp3) is 0.538. The maximum Gasteiger partial charge on any atom is 0.321 e. The van der Waals surface area contributed by atoms with Crippen LogP contribution in [0.3, 0.4) is 0 Å². The van der Waals surface area contributed by atoms with Gasteiger partial charge in [0.1, 0.15) is 5.01 Å². The Morgan fingerprint density at radius 1 is 1.38 bits per heavy atom. The van der Waals surface area contributed by atoms with Gasteiger partial charge in [0.15, 0.2) is 0 Å². The highest BCUT2D eigenvalue weighted by Gasteiger charge is 2.26. The average Bonchev–Trinajstić information content (AvgIpc) is 2.77. The molecule has 3 amide bonds. The smallest absolute Gasteiger partial charge is 0.321 e. The van der Waals surface area contributed by atoms with Gasteiger partial charge in [-0.25, -0.2) is 9.78 Å². The summed E-state index contributed by atoms with van der Waals surface area (Å²) < 4.78 is 0. The Kier molecular flexibility index (Phi) is 5.83. The first-order valence-corrected chi connectivity index (χ1v) is 7.29. The summed E-state index contributed by atoms with van der Waals surface area (Å²) in [6, 6.07) is -0.918. The highest BCUT2D eigenvalue weighted by Crippen LogP contribution is 2.24. The average molecular weight is 313 g/mol. The summed E-state index contributed by atoms with van der Waals surface area (Å²) in [5.74, 6) is -1.49. The molecule has 0 radical (unpaired) electrons. The molecule has 0 aliphatic carbocycles. The Morgan fingerprint density at radius 3 is 2.57 bits per heavy atom. The normalized spacial score (nSPS) is 12.5. The van der Waals surface area contributed by atoms with Gasteiger partial charge < -0.3 is 10.4 Å². The lowest BCUT2D eigenvalue weighted by Gasteiger charge is -2.21. The van der Waals surface area contributed by atoms with Crippen LogP contribution in [0, 0.1) is 5.41 Å². The maximum atomic E-state index is 11.7. The van der Waals surface area contributed by atoms with Crippen molar-refractivity contribution in [3.63, 3.8) is 0 Å². The van der Waals surface area contributed by atoms with Crippen LogP contribution in [-0.2, 0) is 9.59 Å². The lowest BCUT2D eigenvalue weighted by molar-refractivity contribution is -0.139. The van der Waals surface area contributed by atoms with E-state index in [1.807, 2.05) is 0 Å². The monoisotopic (exact) mass is 313 g/mol. The van der Waals surface area contributed by atoms with Gasteiger partial charge in [-0.3, -0.25) is 14.9 Å². The van der Waals surface area contributed by atoms with Crippen LogP contribution in [0.2, 0.25) is 0 Å². The topological polar surface area (TPSA) is 108 Å². The van der Waals surface area contributed by atoms with Gasteiger partial charge in [-0.1, -0.05) is 13.8 Å². The first-order chi connectivity index (χ1) is 9.69. The molecule has 1 heterocycles. The Labute approximate surface area is 126 Å². The third-order valence-electron chi connectivity index (χ3n) is 2.69. The van der Waals surface area contributed by atoms with Gasteiger partial charge in [0.2, 0.25) is 5.91 Å². The number of carboxylic acids is 1. The second-order valence-corrected chi connectivity index (χ2v) is 6.45. The lowest BCUT2D eigenvalue weighted by atomic mass is 9.85. The quantitative estimate of drug-likeness (QED) is 0.743. The number of carbonyl (C=O) groups excluding carboxylic acids is 2. The first kappa shape index (κ1) is 17.1. The van der Waals surface area contributed by atoms with Crippen molar-refractivity contribution < 1.29 is 19.5 Å². The molecular weight excluding hydrogens is 294 g/mol. The number of imide groups is 1. The minimum Gasteiger partial charge on any atom is -0.481 e. The van der Waals surface area contributed by atoms with Gasteiger partial charge in [-0.2, -0.15) is 0 Å². The van der Waals surface area contributed by atoms with E-state index < -0.39 is 23.3 Å². The molecule has 0 aromatic carbocycles. The molecule has 0 bridgehead atoms. The van der Waals surface area contributed by atoms with E-state index in [0.717, 1.165) is 5.01 Å². The number of amides is 3. The summed E-state index contributed by atoms with van der Waals surface area (Å²) in [5.41, 5.74) is -0.711. The zero-order valence-corrected chi connectivity index (χ0v) is 13.0. The zero-order valence-electron chi connectivity index (χ0n) is 12.2. The molecule has 0 aliphatic rings. The van der Waals surface area contributed by atoms with Crippen LogP contribution in [0.25, 0.3) is 0 Å². The molecule has 0 aliphatic heterocycles. The van der Waals surface area contributed by atoms with Crippen molar-refractivity contribution in [3.8, 4) is 0 Å². The number of hydrogen-bond donors (Lipinski definition) is 3. The number of nitrogens with zero attached hydrogens (tertiary/aromatic N) is 1. The number of carbonyl (C=O) groups is 3. The van der Waals surface area contributed by atoms with Crippen molar-refractivity contribution in [2.75, 3.05) is 0 Å². The van der Waals surface area contributed by atoms with Crippen LogP contribution in [0.1, 0.15) is 44.7 Å². The van der Waals surface area contributed by atoms with Crippen molar-refractivity contribution in [1.82, 2.24) is 15.6 Å². The fourth-order valence-electron chi connectivity index (χ4n) is 1.82. The number of aromatic nitrogens is 1. The molecule has 3 N–H and O–H groups in total. The van der Waals surface area contributed by atoms with Gasteiger partial charge in [0, 0.05) is 18.0 Å². The largest absolute Gasteiger partial charge is 0.481 e. The SMILES string of the molecule is CC(NC(=O)NC(=O)CC(C)(C)CC(=O)O)c1nccs1. The molecule has 1 rings (SSSR count). The summed E-state index contributed by atoms with van der Waals surface area (Å²) >= 11 is 1.40. The van der Waals surface area contributed by atoms with Crippen LogP contribution in [0.15, 0.2) is 11.6 Å². The number of hydrogen-bond acceptors (Lipinski definition) is 5. The van der Waals surface area contributed by atoms with Crippen LogP contribution < -0.4 is 10.6 Å². The van der Waals surface area contributed by atoms with Crippen LogP contribution in [0.4, 0.5) is 4.79 Å². The van der Waals surface area contributed by atoms with E-state index in [-0.39, 0.29) is 18.9 Å². The molecule has 21 heavy (non-hydrogen) atoms. The molecule has 1 aromatic rings. The molecule has 0 spiro atoms. The summed E-state index contributed by atoms with van der Waals surface area (Å²) in [4.78, 5) is 38.2. The fourth-order valence-corrected chi connectivity index (χ4v) is 2.47. The molecule has 7 nitrogen and oxygen atoms in total. The maximum absolute atomic E-state index is 11.7. The predicted molar refractivity (Wildman–Crippen MR) is 77.9 cm³/mol. The van der Waals surface area contributed by atoms with Gasteiger partial charge in [0.05, 0.1) is 12.5 Å². The highest BCUT2D eigenvalue weighted by molar-refractivity contribution is 7.09. The summed E-state index contributed by atoms with van der Waals surface area (Å²) in [6.45, 7) is 5.09. The number of carboxylic acid groups (broad SMARTS) is 1. The van der Waals surface area contributed by atoms with Crippen LogP contribution in [-0.4, -0.2) is 28.0 Å². The Morgan fingerprint density at radius 2 is 2.05 bits per heavy atom. The van der Waals surface area contributed by atoms with Crippen LogP contribution >= 0.6 is 11.3 Å². The molecular formula is C13H19N3O4S. The van der Waals surface area contributed by atoms with Crippen molar-refractivity contribution in [2.24, 2.45) is 5.41 Å². The van der Waals surface area contributed by atoms with Gasteiger partial charge >= 0.3 is 12.0 Å². The van der Waals surface area contributed by atoms with E-state index in [4.69, 9.17) is 5.11 Å². The minimum atomic E-state index is -0.977. The Balaban J connectivity index is 2.44. The number of thiazole rings is 1. The number of rotatable bonds is 6. The second-order valence-electron chi connectivity index (χ2n) is 5.53. The minimum absolute atomic E-state index is 0.0433. The Bertz CT molecular complexity index is 513. The van der Waals surface area contributed by atoms with Crippen molar-refractivity contribution in [1.29, 1.82) is 0 Å². The van der Waals surface area contributed by atoms with Crippen molar-refractivity contribution >= 4 is 29.2 Å². The molecule has 0 saturated heterocycles. The molecule has 0 fully saturated rings. The van der Waals surface area contributed by atoms with Crippen LogP contribution in [0.5, 0.6) is 0 Å². The van der Waals surface area contributed by atoms with E-state index in [2.05, 4.69) is 15.6 Å². The van der Waals surface area contributed by atoms with E-state index in [1.165, 1.54) is 11.3 Å². The van der Waals surface area contributed by atoms with Crippen molar-refractivity contribution in [3.05, 3.63) is 16.6 Å². The number of aliphatic carboxylic acids is 1. The second kappa shape index (κ2) is 7.16. The van der Waals surface area contributed by atoms with E-state index in [1.54, 1.807) is 32.3 Å². The summed E-state index contributed by atoms with van der Waals surface area (Å²) in [5, 5.41) is 16.1.